The molecule has 1 aromatic heterocycles. The standard InChI is InChI=1S/C22H27N3O4/c1-13-9-18(13)25-21(27)16-11-19(24-20(12-16)22(28)23-3)14(2)15-5-4-6-17(10-15)29-8-7-26/h4-6,10-14,18,26H,7-9H2,1-3H3,(H,23,28)(H,25,27)/t13-,14?,18-/m0/s1. The second-order valence-electron chi connectivity index (χ2n) is 7.40. The monoisotopic (exact) mass is 397 g/mol. The average Bonchev–Trinajstić information content (AvgIpc) is 3.44. The van der Waals surface area contributed by atoms with Gasteiger partial charge in [0, 0.05) is 30.3 Å². The summed E-state index contributed by atoms with van der Waals surface area (Å²) >= 11 is 0. The molecule has 2 amide bonds. The van der Waals surface area contributed by atoms with Crippen LogP contribution in [0.1, 0.15) is 58.3 Å². The fraction of sp³-hybridized carbons (Fsp3) is 0.409. The van der Waals surface area contributed by atoms with E-state index in [9.17, 15) is 9.59 Å². The number of hydrogen-bond donors (Lipinski definition) is 3. The van der Waals surface area contributed by atoms with Gasteiger partial charge in [-0.1, -0.05) is 26.0 Å². The minimum absolute atomic E-state index is 0.0619. The Morgan fingerprint density at radius 2 is 2.03 bits per heavy atom. The first-order valence-corrected chi connectivity index (χ1v) is 9.81. The van der Waals surface area contributed by atoms with E-state index in [4.69, 9.17) is 9.84 Å². The van der Waals surface area contributed by atoms with Crippen molar-refractivity contribution in [3.63, 3.8) is 0 Å². The number of aromatic nitrogens is 1. The van der Waals surface area contributed by atoms with Crippen LogP contribution in [0.2, 0.25) is 0 Å². The number of aliphatic hydroxyl groups is 1. The molecule has 7 nitrogen and oxygen atoms in total. The highest BCUT2D eigenvalue weighted by Crippen LogP contribution is 2.30. The van der Waals surface area contributed by atoms with Crippen LogP contribution in [0, 0.1) is 5.92 Å². The molecule has 0 bridgehead atoms. The predicted octanol–water partition coefficient (Wildman–Crippen LogP) is 2.10. The van der Waals surface area contributed by atoms with Crippen LogP contribution in [0.25, 0.3) is 0 Å². The number of pyridine rings is 1. The summed E-state index contributed by atoms with van der Waals surface area (Å²) in [6.45, 7) is 4.21. The maximum absolute atomic E-state index is 12.7. The zero-order valence-corrected chi connectivity index (χ0v) is 16.9. The van der Waals surface area contributed by atoms with Gasteiger partial charge in [0.15, 0.2) is 0 Å². The predicted molar refractivity (Wildman–Crippen MR) is 109 cm³/mol. The van der Waals surface area contributed by atoms with Gasteiger partial charge in [-0.2, -0.15) is 0 Å². The molecule has 154 valence electrons. The van der Waals surface area contributed by atoms with Gasteiger partial charge in [0.05, 0.1) is 6.61 Å². The van der Waals surface area contributed by atoms with Gasteiger partial charge in [-0.25, -0.2) is 4.98 Å². The molecule has 1 aliphatic carbocycles. The summed E-state index contributed by atoms with van der Waals surface area (Å²) in [7, 11) is 1.54. The summed E-state index contributed by atoms with van der Waals surface area (Å²) in [6.07, 6.45) is 0.975. The Kier molecular flexibility index (Phi) is 6.49. The minimum atomic E-state index is -0.340. The van der Waals surface area contributed by atoms with Crippen molar-refractivity contribution >= 4 is 11.8 Å². The smallest absolute Gasteiger partial charge is 0.269 e. The summed E-state index contributed by atoms with van der Waals surface area (Å²) in [5, 5.41) is 14.5. The third-order valence-corrected chi connectivity index (χ3v) is 5.15. The maximum atomic E-state index is 12.7. The molecule has 3 rings (SSSR count). The van der Waals surface area contributed by atoms with Crippen molar-refractivity contribution in [2.24, 2.45) is 5.92 Å². The molecule has 2 aromatic rings. The zero-order chi connectivity index (χ0) is 21.0. The van der Waals surface area contributed by atoms with Crippen LogP contribution >= 0.6 is 0 Å². The number of carbonyl (C=O) groups is 2. The molecular weight excluding hydrogens is 370 g/mol. The van der Waals surface area contributed by atoms with E-state index >= 15 is 0 Å². The van der Waals surface area contributed by atoms with Crippen molar-refractivity contribution in [3.8, 4) is 5.75 Å². The Bertz CT molecular complexity index is 899. The molecule has 29 heavy (non-hydrogen) atoms. The van der Waals surface area contributed by atoms with E-state index in [0.717, 1.165) is 12.0 Å². The lowest BCUT2D eigenvalue weighted by Gasteiger charge is -2.16. The van der Waals surface area contributed by atoms with Crippen LogP contribution < -0.4 is 15.4 Å². The first kappa shape index (κ1) is 20.8. The molecule has 1 saturated carbocycles. The Balaban J connectivity index is 1.91. The summed E-state index contributed by atoms with van der Waals surface area (Å²) in [6, 6.07) is 11.0. The highest BCUT2D eigenvalue weighted by atomic mass is 16.5. The molecule has 0 saturated heterocycles. The van der Waals surface area contributed by atoms with E-state index in [1.54, 1.807) is 6.07 Å². The number of hydrogen-bond acceptors (Lipinski definition) is 5. The molecule has 0 spiro atoms. The molecule has 0 aliphatic heterocycles. The number of aliphatic hydroxyl groups excluding tert-OH is 1. The molecule has 1 fully saturated rings. The van der Waals surface area contributed by atoms with Gasteiger partial charge in [-0.3, -0.25) is 9.59 Å². The number of ether oxygens (including phenoxy) is 1. The van der Waals surface area contributed by atoms with Gasteiger partial charge in [0.1, 0.15) is 18.1 Å². The van der Waals surface area contributed by atoms with Crippen molar-refractivity contribution in [1.29, 1.82) is 0 Å². The summed E-state index contributed by atoms with van der Waals surface area (Å²) in [5.74, 6) is 0.433. The lowest BCUT2D eigenvalue weighted by atomic mass is 9.95. The van der Waals surface area contributed by atoms with Crippen LogP contribution in [0.15, 0.2) is 36.4 Å². The van der Waals surface area contributed by atoms with Gasteiger partial charge in [0.2, 0.25) is 0 Å². The van der Waals surface area contributed by atoms with E-state index < -0.39 is 0 Å². The van der Waals surface area contributed by atoms with Crippen molar-refractivity contribution in [2.75, 3.05) is 20.3 Å². The van der Waals surface area contributed by atoms with Crippen LogP contribution in [0.3, 0.4) is 0 Å². The zero-order valence-electron chi connectivity index (χ0n) is 16.9. The topological polar surface area (TPSA) is 101 Å². The van der Waals surface area contributed by atoms with Crippen molar-refractivity contribution in [1.82, 2.24) is 15.6 Å². The summed E-state index contributed by atoms with van der Waals surface area (Å²) < 4.78 is 5.49. The number of nitrogens with zero attached hydrogens (tertiary/aromatic N) is 1. The second-order valence-corrected chi connectivity index (χ2v) is 7.40. The molecule has 1 unspecified atom stereocenters. The molecular formula is C22H27N3O4. The lowest BCUT2D eigenvalue weighted by molar-refractivity contribution is 0.0949. The highest BCUT2D eigenvalue weighted by Gasteiger charge is 2.34. The largest absolute Gasteiger partial charge is 0.491 e. The third kappa shape index (κ3) is 5.12. The molecule has 0 radical (unpaired) electrons. The maximum Gasteiger partial charge on any atom is 0.269 e. The third-order valence-electron chi connectivity index (χ3n) is 5.15. The fourth-order valence-corrected chi connectivity index (χ4v) is 3.13. The summed E-state index contributed by atoms with van der Waals surface area (Å²) in [5.41, 5.74) is 2.19. The fourth-order valence-electron chi connectivity index (χ4n) is 3.13. The molecule has 3 N–H and O–H groups in total. The van der Waals surface area contributed by atoms with Gasteiger partial charge >= 0.3 is 0 Å². The van der Waals surface area contributed by atoms with Gasteiger partial charge in [0.25, 0.3) is 11.8 Å². The Hall–Kier alpha value is -2.93. The molecule has 1 aliphatic rings. The van der Waals surface area contributed by atoms with E-state index in [1.165, 1.54) is 13.1 Å². The van der Waals surface area contributed by atoms with Crippen LogP contribution in [-0.2, 0) is 0 Å². The van der Waals surface area contributed by atoms with Gasteiger partial charge in [-0.05, 0) is 42.2 Å². The number of rotatable bonds is 8. The molecule has 7 heteroatoms. The van der Waals surface area contributed by atoms with Crippen LogP contribution in [-0.4, -0.2) is 48.2 Å². The lowest BCUT2D eigenvalue weighted by Crippen LogP contribution is -2.28. The van der Waals surface area contributed by atoms with Crippen LogP contribution in [0.4, 0.5) is 0 Å². The molecule has 1 aromatic carbocycles. The van der Waals surface area contributed by atoms with Crippen LogP contribution in [0.5, 0.6) is 5.75 Å². The number of carbonyl (C=O) groups excluding carboxylic acids is 2. The Labute approximate surface area is 170 Å². The van der Waals surface area contributed by atoms with E-state index in [2.05, 4.69) is 22.5 Å². The number of nitrogens with one attached hydrogen (secondary N) is 2. The Morgan fingerprint density at radius 3 is 2.69 bits per heavy atom. The molecule has 1 heterocycles. The van der Waals surface area contributed by atoms with E-state index in [1.807, 2.05) is 31.2 Å². The Morgan fingerprint density at radius 1 is 1.28 bits per heavy atom. The second kappa shape index (κ2) is 9.05. The van der Waals surface area contributed by atoms with Crippen molar-refractivity contribution in [3.05, 3.63) is 58.9 Å². The molecule has 3 atom stereocenters. The van der Waals surface area contributed by atoms with Gasteiger partial charge in [-0.15, -0.1) is 0 Å². The van der Waals surface area contributed by atoms with E-state index in [0.29, 0.717) is 22.9 Å². The quantitative estimate of drug-likeness (QED) is 0.633. The first-order valence-electron chi connectivity index (χ1n) is 9.81. The normalized spacial score (nSPS) is 18.6. The van der Waals surface area contributed by atoms with E-state index in [-0.39, 0.29) is 42.7 Å². The SMILES string of the molecule is CNC(=O)c1cc(C(=O)N[C@H]2C[C@@H]2C)cc(C(C)c2cccc(OCCO)c2)n1. The average molecular weight is 397 g/mol. The number of amides is 2. The first-order chi connectivity index (χ1) is 13.9. The van der Waals surface area contributed by atoms with Gasteiger partial charge < -0.3 is 20.5 Å². The number of benzene rings is 1. The van der Waals surface area contributed by atoms with Crippen molar-refractivity contribution < 1.29 is 19.4 Å². The summed E-state index contributed by atoms with van der Waals surface area (Å²) in [4.78, 5) is 29.4. The highest BCUT2D eigenvalue weighted by molar-refractivity contribution is 5.98. The van der Waals surface area contributed by atoms with Crippen molar-refractivity contribution in [2.45, 2.75) is 32.2 Å². The minimum Gasteiger partial charge on any atom is -0.491 e.